The summed E-state index contributed by atoms with van der Waals surface area (Å²) in [5.74, 6) is 1.42. The molecule has 1 aliphatic heterocycles. The molecular formula is C25H24FNO4S. The first-order valence-electron chi connectivity index (χ1n) is 10.3. The Labute approximate surface area is 190 Å². The van der Waals surface area contributed by atoms with Crippen LogP contribution in [0.25, 0.3) is 0 Å². The van der Waals surface area contributed by atoms with Gasteiger partial charge >= 0.3 is 0 Å². The van der Waals surface area contributed by atoms with E-state index in [0.29, 0.717) is 34.3 Å². The van der Waals surface area contributed by atoms with Crippen LogP contribution < -0.4 is 19.5 Å². The van der Waals surface area contributed by atoms with E-state index in [1.165, 1.54) is 32.0 Å². The van der Waals surface area contributed by atoms with Gasteiger partial charge in [-0.15, -0.1) is 11.8 Å². The summed E-state index contributed by atoms with van der Waals surface area (Å²) in [7, 11) is 3.03. The Morgan fingerprint density at radius 2 is 1.78 bits per heavy atom. The van der Waals surface area contributed by atoms with Crippen molar-refractivity contribution in [3.05, 3.63) is 83.2 Å². The van der Waals surface area contributed by atoms with Gasteiger partial charge in [0.15, 0.2) is 11.5 Å². The van der Waals surface area contributed by atoms with Crippen LogP contribution in [0.2, 0.25) is 0 Å². The number of hydrogen-bond donors (Lipinski definition) is 1. The summed E-state index contributed by atoms with van der Waals surface area (Å²) in [6.45, 7) is 0.335. The molecule has 0 aliphatic carbocycles. The molecule has 3 aromatic carbocycles. The van der Waals surface area contributed by atoms with Gasteiger partial charge in [0.2, 0.25) is 5.75 Å². The van der Waals surface area contributed by atoms with Crippen LogP contribution in [0, 0.1) is 5.82 Å². The second-order valence-corrected chi connectivity index (χ2v) is 8.41. The normalized spacial score (nSPS) is 14.9. The molecule has 0 saturated carbocycles. The monoisotopic (exact) mass is 453 g/mol. The second-order valence-electron chi connectivity index (χ2n) is 7.31. The number of carbonyl (C=O) groups is 1. The van der Waals surface area contributed by atoms with Crippen molar-refractivity contribution in [3.63, 3.8) is 0 Å². The van der Waals surface area contributed by atoms with Crippen LogP contribution in [0.15, 0.2) is 65.6 Å². The van der Waals surface area contributed by atoms with Gasteiger partial charge in [0, 0.05) is 16.2 Å². The predicted octanol–water partition coefficient (Wildman–Crippen LogP) is 5.39. The summed E-state index contributed by atoms with van der Waals surface area (Å²) in [6, 6.07) is 17.7. The van der Waals surface area contributed by atoms with Gasteiger partial charge in [-0.3, -0.25) is 4.79 Å². The van der Waals surface area contributed by atoms with Gasteiger partial charge in [-0.1, -0.05) is 42.5 Å². The third-order valence-electron chi connectivity index (χ3n) is 5.28. The lowest BCUT2D eigenvalue weighted by Gasteiger charge is -2.26. The smallest absolute Gasteiger partial charge is 0.252 e. The van der Waals surface area contributed by atoms with E-state index in [1.54, 1.807) is 18.2 Å². The number of halogens is 1. The quantitative estimate of drug-likeness (QED) is 0.520. The predicted molar refractivity (Wildman–Crippen MR) is 122 cm³/mol. The van der Waals surface area contributed by atoms with Crippen LogP contribution in [0.1, 0.15) is 33.9 Å². The third-order valence-corrected chi connectivity index (χ3v) is 6.44. The molecule has 0 spiro atoms. The van der Waals surface area contributed by atoms with Gasteiger partial charge in [-0.25, -0.2) is 4.39 Å². The molecule has 1 aliphatic rings. The molecule has 1 N–H and O–H groups in total. The highest BCUT2D eigenvalue weighted by Crippen LogP contribution is 2.40. The molecule has 1 amide bonds. The van der Waals surface area contributed by atoms with Gasteiger partial charge in [0.05, 0.1) is 20.3 Å². The molecule has 1 heterocycles. The molecule has 0 bridgehead atoms. The van der Waals surface area contributed by atoms with Crippen molar-refractivity contribution in [2.75, 3.05) is 20.0 Å². The van der Waals surface area contributed by atoms with Gasteiger partial charge in [-0.2, -0.15) is 0 Å². The molecule has 0 radical (unpaired) electrons. The number of hydrogen-bond acceptors (Lipinski definition) is 5. The highest BCUT2D eigenvalue weighted by atomic mass is 32.2. The van der Waals surface area contributed by atoms with E-state index in [4.69, 9.17) is 14.2 Å². The first-order valence-corrected chi connectivity index (χ1v) is 11.2. The summed E-state index contributed by atoms with van der Waals surface area (Å²) in [5, 5.41) is 3.03. The van der Waals surface area contributed by atoms with Crippen LogP contribution in [0.5, 0.6) is 17.2 Å². The Kier molecular flexibility index (Phi) is 6.85. The van der Waals surface area contributed by atoms with Gasteiger partial charge in [-0.05, 0) is 35.7 Å². The van der Waals surface area contributed by atoms with Crippen molar-refractivity contribution in [1.82, 2.24) is 5.32 Å². The molecule has 0 fully saturated rings. The SMILES string of the molecule is COc1cc(C(=O)NC2CCSc3c(F)cccc32)cc(OC)c1OCc1ccccc1. The molecule has 0 saturated heterocycles. The lowest BCUT2D eigenvalue weighted by atomic mass is 10.0. The van der Waals surface area contributed by atoms with Crippen LogP contribution in [-0.4, -0.2) is 25.9 Å². The maximum atomic E-state index is 14.2. The number of benzene rings is 3. The number of rotatable bonds is 7. The Hall–Kier alpha value is -3.19. The van der Waals surface area contributed by atoms with Crippen LogP contribution in [0.4, 0.5) is 4.39 Å². The maximum Gasteiger partial charge on any atom is 0.252 e. The summed E-state index contributed by atoms with van der Waals surface area (Å²) >= 11 is 1.48. The number of nitrogens with one attached hydrogen (secondary N) is 1. The van der Waals surface area contributed by atoms with E-state index in [9.17, 15) is 9.18 Å². The molecule has 3 aromatic rings. The van der Waals surface area contributed by atoms with Crippen LogP contribution >= 0.6 is 11.8 Å². The summed E-state index contributed by atoms with van der Waals surface area (Å²) in [6.07, 6.45) is 0.722. The Morgan fingerprint density at radius 3 is 2.47 bits per heavy atom. The van der Waals surface area contributed by atoms with Crippen molar-refractivity contribution >= 4 is 17.7 Å². The minimum atomic E-state index is -0.289. The largest absolute Gasteiger partial charge is 0.493 e. The Morgan fingerprint density at radius 1 is 1.06 bits per heavy atom. The zero-order valence-electron chi connectivity index (χ0n) is 17.9. The van der Waals surface area contributed by atoms with Crippen molar-refractivity contribution in [2.24, 2.45) is 0 Å². The van der Waals surface area contributed by atoms with Crippen molar-refractivity contribution in [1.29, 1.82) is 0 Å². The molecular weight excluding hydrogens is 429 g/mol. The molecule has 166 valence electrons. The first kappa shape index (κ1) is 22.0. The van der Waals surface area contributed by atoms with E-state index < -0.39 is 0 Å². The molecule has 1 atom stereocenters. The lowest BCUT2D eigenvalue weighted by Crippen LogP contribution is -2.31. The summed E-state index contributed by atoms with van der Waals surface area (Å²) in [5.41, 5.74) is 2.18. The van der Waals surface area contributed by atoms with Crippen LogP contribution in [0.3, 0.4) is 0 Å². The molecule has 5 nitrogen and oxygen atoms in total. The number of methoxy groups -OCH3 is 2. The molecule has 32 heavy (non-hydrogen) atoms. The zero-order chi connectivity index (χ0) is 22.5. The van der Waals surface area contributed by atoms with Crippen molar-refractivity contribution in [2.45, 2.75) is 24.0 Å². The number of amides is 1. The number of thioether (sulfide) groups is 1. The Bertz CT molecular complexity index is 1080. The summed E-state index contributed by atoms with van der Waals surface area (Å²) in [4.78, 5) is 13.7. The standard InChI is InChI=1S/C25H24FNO4S/c1-29-21-13-17(14-22(30-2)23(21)31-15-16-7-4-3-5-8-16)25(28)27-20-11-12-32-24-18(20)9-6-10-19(24)26/h3-10,13-14,20H,11-12,15H2,1-2H3,(H,27,28). The van der Waals surface area contributed by atoms with Gasteiger partial charge < -0.3 is 19.5 Å². The number of fused-ring (bicyclic) bond motifs is 1. The molecule has 1 unspecified atom stereocenters. The molecule has 0 aromatic heterocycles. The second kappa shape index (κ2) is 9.96. The maximum absolute atomic E-state index is 14.2. The Balaban J connectivity index is 1.56. The number of carbonyl (C=O) groups excluding carboxylic acids is 1. The topological polar surface area (TPSA) is 56.8 Å². The average Bonchev–Trinajstić information content (AvgIpc) is 2.83. The zero-order valence-corrected chi connectivity index (χ0v) is 18.7. The van der Waals surface area contributed by atoms with Gasteiger partial charge in [0.1, 0.15) is 12.4 Å². The molecule has 4 rings (SSSR count). The van der Waals surface area contributed by atoms with E-state index >= 15 is 0 Å². The average molecular weight is 454 g/mol. The van der Waals surface area contributed by atoms with Gasteiger partial charge in [0.25, 0.3) is 5.91 Å². The van der Waals surface area contributed by atoms with Crippen LogP contribution in [-0.2, 0) is 6.61 Å². The third kappa shape index (κ3) is 4.67. The van der Waals surface area contributed by atoms with E-state index in [1.807, 2.05) is 36.4 Å². The lowest BCUT2D eigenvalue weighted by molar-refractivity contribution is 0.0934. The first-order chi connectivity index (χ1) is 15.6. The number of ether oxygens (including phenoxy) is 3. The molecule has 7 heteroatoms. The van der Waals surface area contributed by atoms with Crippen molar-refractivity contribution < 1.29 is 23.4 Å². The fourth-order valence-corrected chi connectivity index (χ4v) is 4.80. The minimum absolute atomic E-state index is 0.255. The van der Waals surface area contributed by atoms with E-state index in [-0.39, 0.29) is 17.8 Å². The fraction of sp³-hybridized carbons (Fsp3) is 0.240. The highest BCUT2D eigenvalue weighted by molar-refractivity contribution is 7.99. The highest BCUT2D eigenvalue weighted by Gasteiger charge is 2.26. The summed E-state index contributed by atoms with van der Waals surface area (Å²) < 4.78 is 31.1. The van der Waals surface area contributed by atoms with Crippen molar-refractivity contribution in [3.8, 4) is 17.2 Å². The van der Waals surface area contributed by atoms with E-state index in [2.05, 4.69) is 5.32 Å². The fourth-order valence-electron chi connectivity index (χ4n) is 3.66. The minimum Gasteiger partial charge on any atom is -0.493 e. The van der Waals surface area contributed by atoms with E-state index in [0.717, 1.165) is 23.3 Å².